The summed E-state index contributed by atoms with van der Waals surface area (Å²) in [5, 5.41) is 6.75. The first-order valence-electron chi connectivity index (χ1n) is 14.5. The number of furan rings is 2. The number of rotatable bonds is 4. The van der Waals surface area contributed by atoms with Gasteiger partial charge in [0.1, 0.15) is 22.3 Å². The summed E-state index contributed by atoms with van der Waals surface area (Å²) in [6.07, 6.45) is 0. The van der Waals surface area contributed by atoms with E-state index in [2.05, 4.69) is 126 Å². The Labute approximate surface area is 247 Å². The number of nitrogens with zero attached hydrogens (tertiary/aromatic N) is 1. The van der Waals surface area contributed by atoms with Crippen molar-refractivity contribution < 1.29 is 8.83 Å². The van der Waals surface area contributed by atoms with E-state index in [0.29, 0.717) is 0 Å². The zero-order valence-corrected chi connectivity index (χ0v) is 23.2. The second kappa shape index (κ2) is 9.37. The van der Waals surface area contributed by atoms with Crippen molar-refractivity contribution in [3.05, 3.63) is 152 Å². The Morgan fingerprint density at radius 1 is 0.349 bits per heavy atom. The molecule has 0 N–H and O–H groups in total. The van der Waals surface area contributed by atoms with E-state index < -0.39 is 0 Å². The van der Waals surface area contributed by atoms with Crippen molar-refractivity contribution in [1.82, 2.24) is 0 Å². The highest BCUT2D eigenvalue weighted by Gasteiger charge is 2.17. The van der Waals surface area contributed by atoms with Crippen LogP contribution >= 0.6 is 0 Å². The fourth-order valence-electron chi connectivity index (χ4n) is 6.37. The first kappa shape index (κ1) is 23.9. The summed E-state index contributed by atoms with van der Waals surface area (Å²) in [6, 6.07) is 53.2. The molecule has 202 valence electrons. The molecule has 43 heavy (non-hydrogen) atoms. The highest BCUT2D eigenvalue weighted by atomic mass is 16.3. The molecule has 3 nitrogen and oxygen atoms in total. The molecular weight excluding hydrogens is 526 g/mol. The van der Waals surface area contributed by atoms with Gasteiger partial charge in [0, 0.05) is 50.1 Å². The fraction of sp³-hybridized carbons (Fsp3) is 0. The van der Waals surface area contributed by atoms with E-state index in [4.69, 9.17) is 8.83 Å². The lowest BCUT2D eigenvalue weighted by Gasteiger charge is -2.26. The van der Waals surface area contributed by atoms with Gasteiger partial charge in [-0.25, -0.2) is 0 Å². The lowest BCUT2D eigenvalue weighted by atomic mass is 10.0. The van der Waals surface area contributed by atoms with Crippen LogP contribution in [0.4, 0.5) is 17.1 Å². The van der Waals surface area contributed by atoms with Crippen molar-refractivity contribution in [3.63, 3.8) is 0 Å². The third-order valence-electron chi connectivity index (χ3n) is 8.45. The van der Waals surface area contributed by atoms with E-state index in [-0.39, 0.29) is 0 Å². The molecule has 0 radical (unpaired) electrons. The number of hydrogen-bond acceptors (Lipinski definition) is 3. The van der Waals surface area contributed by atoms with Crippen LogP contribution in [-0.2, 0) is 0 Å². The third kappa shape index (κ3) is 3.83. The van der Waals surface area contributed by atoms with Gasteiger partial charge in [-0.3, -0.25) is 0 Å². The Hall–Kier alpha value is -5.80. The van der Waals surface area contributed by atoms with Crippen LogP contribution < -0.4 is 4.90 Å². The van der Waals surface area contributed by atoms with Crippen LogP contribution in [0.25, 0.3) is 65.8 Å². The Morgan fingerprint density at radius 2 is 0.907 bits per heavy atom. The minimum absolute atomic E-state index is 0.870. The molecule has 9 rings (SSSR count). The smallest absolute Gasteiger partial charge is 0.143 e. The molecule has 2 heterocycles. The molecule has 0 unspecified atom stereocenters. The van der Waals surface area contributed by atoms with Crippen molar-refractivity contribution in [2.75, 3.05) is 4.90 Å². The van der Waals surface area contributed by atoms with E-state index in [0.717, 1.165) is 71.7 Å². The molecular formula is C40H25NO2. The summed E-state index contributed by atoms with van der Waals surface area (Å²) >= 11 is 0. The maximum Gasteiger partial charge on any atom is 0.143 e. The minimum atomic E-state index is 0.870. The van der Waals surface area contributed by atoms with Gasteiger partial charge in [0.25, 0.3) is 0 Å². The van der Waals surface area contributed by atoms with E-state index in [1.54, 1.807) is 0 Å². The Bertz CT molecular complexity index is 2450. The van der Waals surface area contributed by atoms with Gasteiger partial charge >= 0.3 is 0 Å². The van der Waals surface area contributed by atoms with E-state index in [1.165, 1.54) is 11.1 Å². The van der Waals surface area contributed by atoms with Gasteiger partial charge in [0.15, 0.2) is 0 Å². The molecule has 0 atom stereocenters. The van der Waals surface area contributed by atoms with Gasteiger partial charge in [0.2, 0.25) is 0 Å². The lowest BCUT2D eigenvalue weighted by Crippen LogP contribution is -2.09. The summed E-state index contributed by atoms with van der Waals surface area (Å²) in [6.45, 7) is 0. The molecule has 0 spiro atoms. The summed E-state index contributed by atoms with van der Waals surface area (Å²) in [4.78, 5) is 2.30. The standard InChI is InChI=1S/C40H25NO2/c1-2-8-26(9-3-1)27-14-17-29(18-15-27)41(31-20-23-35-33-10-4-6-12-37(33)42-39(35)25-31)30-19-22-32-28(24-30)16-21-36-34-11-5-7-13-38(34)43-40(32)36/h1-25H. The number of para-hydroxylation sites is 2. The van der Waals surface area contributed by atoms with Crippen molar-refractivity contribution >= 4 is 71.7 Å². The summed E-state index contributed by atoms with van der Waals surface area (Å²) < 4.78 is 12.6. The van der Waals surface area contributed by atoms with Crippen LogP contribution in [0, 0.1) is 0 Å². The first-order chi connectivity index (χ1) is 21.3. The average molecular weight is 552 g/mol. The zero-order valence-electron chi connectivity index (χ0n) is 23.2. The zero-order chi connectivity index (χ0) is 28.3. The van der Waals surface area contributed by atoms with Crippen LogP contribution in [0.3, 0.4) is 0 Å². The average Bonchev–Trinajstić information content (AvgIpc) is 3.64. The van der Waals surface area contributed by atoms with E-state index in [9.17, 15) is 0 Å². The van der Waals surface area contributed by atoms with Crippen LogP contribution in [-0.4, -0.2) is 0 Å². The SMILES string of the molecule is c1ccc(-c2ccc(N(c3ccc4c(ccc5c6ccccc6oc45)c3)c3ccc4c(c3)oc3ccccc34)cc2)cc1. The molecule has 0 bridgehead atoms. The topological polar surface area (TPSA) is 29.5 Å². The normalized spacial score (nSPS) is 11.7. The van der Waals surface area contributed by atoms with Crippen molar-refractivity contribution in [3.8, 4) is 11.1 Å². The molecule has 0 saturated carbocycles. The molecule has 9 aromatic rings. The van der Waals surface area contributed by atoms with Gasteiger partial charge in [-0.05, 0) is 77.2 Å². The second-order valence-electron chi connectivity index (χ2n) is 11.0. The molecule has 0 saturated heterocycles. The van der Waals surface area contributed by atoms with Gasteiger partial charge in [-0.1, -0.05) is 84.9 Å². The van der Waals surface area contributed by atoms with Gasteiger partial charge in [-0.15, -0.1) is 0 Å². The largest absolute Gasteiger partial charge is 0.456 e. The highest BCUT2D eigenvalue weighted by molar-refractivity contribution is 6.15. The monoisotopic (exact) mass is 551 g/mol. The van der Waals surface area contributed by atoms with Crippen molar-refractivity contribution in [2.24, 2.45) is 0 Å². The molecule has 0 aliphatic heterocycles. The molecule has 0 amide bonds. The Kier molecular flexibility index (Phi) is 5.20. The highest BCUT2D eigenvalue weighted by Crippen LogP contribution is 2.41. The minimum Gasteiger partial charge on any atom is -0.456 e. The summed E-state index contributed by atoms with van der Waals surface area (Å²) in [7, 11) is 0. The van der Waals surface area contributed by atoms with Crippen molar-refractivity contribution in [1.29, 1.82) is 0 Å². The van der Waals surface area contributed by atoms with Gasteiger partial charge in [0.05, 0.1) is 0 Å². The Morgan fingerprint density at radius 3 is 1.70 bits per heavy atom. The fourth-order valence-corrected chi connectivity index (χ4v) is 6.37. The molecule has 0 aliphatic carbocycles. The quantitative estimate of drug-likeness (QED) is 0.218. The number of benzene rings is 7. The van der Waals surface area contributed by atoms with E-state index in [1.807, 2.05) is 30.3 Å². The predicted octanol–water partition coefficient (Wildman–Crippen LogP) is 11.8. The maximum absolute atomic E-state index is 6.34. The molecule has 0 aliphatic rings. The predicted molar refractivity (Wildman–Crippen MR) is 179 cm³/mol. The molecule has 2 aromatic heterocycles. The van der Waals surface area contributed by atoms with Crippen LogP contribution in [0.1, 0.15) is 0 Å². The molecule has 0 fully saturated rings. The molecule has 3 heteroatoms. The summed E-state index contributed by atoms with van der Waals surface area (Å²) in [5.41, 5.74) is 9.14. The maximum atomic E-state index is 6.34. The third-order valence-corrected chi connectivity index (χ3v) is 8.45. The van der Waals surface area contributed by atoms with E-state index >= 15 is 0 Å². The Balaban J connectivity index is 1.22. The number of fused-ring (bicyclic) bond motifs is 8. The first-order valence-corrected chi connectivity index (χ1v) is 14.5. The lowest BCUT2D eigenvalue weighted by molar-refractivity contribution is 0.669. The van der Waals surface area contributed by atoms with Crippen LogP contribution in [0.2, 0.25) is 0 Å². The summed E-state index contributed by atoms with van der Waals surface area (Å²) in [5.74, 6) is 0. The second-order valence-corrected chi connectivity index (χ2v) is 11.0. The van der Waals surface area contributed by atoms with Crippen LogP contribution in [0.5, 0.6) is 0 Å². The number of anilines is 3. The van der Waals surface area contributed by atoms with Crippen LogP contribution in [0.15, 0.2) is 160 Å². The van der Waals surface area contributed by atoms with Crippen molar-refractivity contribution in [2.45, 2.75) is 0 Å². The molecule has 7 aromatic carbocycles. The number of hydrogen-bond donors (Lipinski definition) is 0. The van der Waals surface area contributed by atoms with Gasteiger partial charge in [-0.2, -0.15) is 0 Å². The van der Waals surface area contributed by atoms with Gasteiger partial charge < -0.3 is 13.7 Å².